The molecule has 2 aromatic heterocycles. The Morgan fingerprint density at radius 3 is 1.89 bits per heavy atom. The number of hydrogen-bond acceptors (Lipinski definition) is 3. The molecule has 0 fully saturated rings. The molecule has 0 spiro atoms. The van der Waals surface area contributed by atoms with E-state index in [4.69, 9.17) is 4.42 Å². The molecule has 0 amide bonds. The fourth-order valence-corrected chi connectivity index (χ4v) is 9.95. The lowest BCUT2D eigenvalue weighted by Crippen LogP contribution is -2.22. The summed E-state index contributed by atoms with van der Waals surface area (Å²) in [7, 11) is 0. The summed E-state index contributed by atoms with van der Waals surface area (Å²) in [6, 6.07) is 66.1. The Morgan fingerprint density at radius 2 is 1.09 bits per heavy atom. The molecule has 3 heteroatoms. The number of benzene rings is 8. The molecule has 0 unspecified atom stereocenters. The minimum atomic E-state index is -0.276. The van der Waals surface area contributed by atoms with Crippen molar-refractivity contribution in [2.24, 2.45) is 0 Å². The molecule has 0 atom stereocenters. The van der Waals surface area contributed by atoms with Gasteiger partial charge in [-0.1, -0.05) is 121 Å². The lowest BCUT2D eigenvalue weighted by Gasteiger charge is -2.28. The summed E-state index contributed by atoms with van der Waals surface area (Å²) in [5.74, 6) is 0. The highest BCUT2D eigenvalue weighted by atomic mass is 32.1. The molecular weight excluding hydrogens is 663 g/mol. The van der Waals surface area contributed by atoms with Gasteiger partial charge in [0.1, 0.15) is 11.2 Å². The topological polar surface area (TPSA) is 16.4 Å². The summed E-state index contributed by atoms with van der Waals surface area (Å²) in [4.78, 5) is 2.35. The van der Waals surface area contributed by atoms with Gasteiger partial charge in [-0.15, -0.1) is 11.3 Å². The zero-order chi connectivity index (χ0) is 35.1. The summed E-state index contributed by atoms with van der Waals surface area (Å²) in [5.41, 5.74) is 13.8. The maximum atomic E-state index is 6.53. The van der Waals surface area contributed by atoms with Gasteiger partial charge in [0, 0.05) is 53.4 Å². The van der Waals surface area contributed by atoms with Crippen LogP contribution in [0.4, 0.5) is 17.1 Å². The van der Waals surface area contributed by atoms with Gasteiger partial charge in [0.05, 0.1) is 0 Å². The quantitative estimate of drug-likeness (QED) is 0.178. The largest absolute Gasteiger partial charge is 0.456 e. The molecule has 1 aliphatic rings. The lowest BCUT2D eigenvalue weighted by molar-refractivity contribution is 0.667. The van der Waals surface area contributed by atoms with E-state index in [2.05, 4.69) is 194 Å². The van der Waals surface area contributed by atoms with Gasteiger partial charge in [0.2, 0.25) is 0 Å². The number of nitrogens with zero attached hydrogens (tertiary/aromatic N) is 1. The predicted octanol–water partition coefficient (Wildman–Crippen LogP) is 14.4. The SMILES string of the molecule is CC1(c2ccc3oc4cccc(-c5ccc(N(c6ccccc6)c6ccc7c(c6)sc6ccccc67)cc5)c4c3c2)c2ccccc2-c2ccccc21. The smallest absolute Gasteiger partial charge is 0.136 e. The second-order valence-electron chi connectivity index (χ2n) is 14.2. The number of anilines is 3. The molecule has 0 radical (unpaired) electrons. The third-order valence-corrected chi connectivity index (χ3v) is 12.5. The molecule has 53 heavy (non-hydrogen) atoms. The summed E-state index contributed by atoms with van der Waals surface area (Å²) < 4.78 is 9.14. The second-order valence-corrected chi connectivity index (χ2v) is 15.3. The van der Waals surface area contributed by atoms with E-state index >= 15 is 0 Å². The third-order valence-electron chi connectivity index (χ3n) is 11.4. The summed E-state index contributed by atoms with van der Waals surface area (Å²) in [6.45, 7) is 2.37. The molecular formula is C50H33NOS. The Kier molecular flexibility index (Phi) is 6.58. The Bertz CT molecular complexity index is 2980. The Morgan fingerprint density at radius 1 is 0.453 bits per heavy atom. The number of thiophene rings is 1. The van der Waals surface area contributed by atoms with Gasteiger partial charge in [-0.05, 0) is 107 Å². The van der Waals surface area contributed by atoms with Gasteiger partial charge in [0.15, 0.2) is 0 Å². The molecule has 0 saturated heterocycles. The minimum absolute atomic E-state index is 0.276. The maximum absolute atomic E-state index is 6.53. The van der Waals surface area contributed by atoms with Gasteiger partial charge >= 0.3 is 0 Å². The van der Waals surface area contributed by atoms with Crippen LogP contribution >= 0.6 is 11.3 Å². The molecule has 0 saturated carbocycles. The van der Waals surface area contributed by atoms with E-state index in [0.29, 0.717) is 0 Å². The number of hydrogen-bond donors (Lipinski definition) is 0. The molecule has 10 aromatic rings. The average Bonchev–Trinajstić information content (AvgIpc) is 3.87. The predicted molar refractivity (Wildman–Crippen MR) is 224 cm³/mol. The fraction of sp³-hybridized carbons (Fsp3) is 0.0400. The van der Waals surface area contributed by atoms with E-state index < -0.39 is 0 Å². The maximum Gasteiger partial charge on any atom is 0.136 e. The molecule has 0 aliphatic heterocycles. The van der Waals surface area contributed by atoms with Crippen LogP contribution in [0.3, 0.4) is 0 Å². The highest BCUT2D eigenvalue weighted by Gasteiger charge is 2.40. The van der Waals surface area contributed by atoms with Crippen molar-refractivity contribution < 1.29 is 4.42 Å². The van der Waals surface area contributed by atoms with Crippen molar-refractivity contribution in [2.45, 2.75) is 12.3 Å². The van der Waals surface area contributed by atoms with Gasteiger partial charge in [0.25, 0.3) is 0 Å². The molecule has 2 heterocycles. The van der Waals surface area contributed by atoms with Crippen LogP contribution < -0.4 is 4.90 Å². The van der Waals surface area contributed by atoms with E-state index in [-0.39, 0.29) is 5.41 Å². The molecule has 0 bridgehead atoms. The van der Waals surface area contributed by atoms with Crippen molar-refractivity contribution in [3.05, 3.63) is 199 Å². The zero-order valence-electron chi connectivity index (χ0n) is 29.1. The van der Waals surface area contributed by atoms with Crippen LogP contribution in [0.25, 0.3) is 64.4 Å². The van der Waals surface area contributed by atoms with Crippen molar-refractivity contribution in [1.82, 2.24) is 0 Å². The van der Waals surface area contributed by atoms with Crippen molar-refractivity contribution >= 4 is 70.5 Å². The van der Waals surface area contributed by atoms with Crippen LogP contribution in [-0.2, 0) is 5.41 Å². The first-order valence-corrected chi connectivity index (χ1v) is 19.0. The van der Waals surface area contributed by atoms with E-state index in [1.54, 1.807) is 0 Å². The third kappa shape index (κ3) is 4.51. The first-order chi connectivity index (χ1) is 26.1. The highest BCUT2D eigenvalue weighted by molar-refractivity contribution is 7.25. The molecule has 8 aromatic carbocycles. The van der Waals surface area contributed by atoms with Gasteiger partial charge in [-0.2, -0.15) is 0 Å². The van der Waals surface area contributed by atoms with Crippen molar-refractivity contribution in [1.29, 1.82) is 0 Å². The molecule has 11 rings (SSSR count). The van der Waals surface area contributed by atoms with Crippen LogP contribution in [0.15, 0.2) is 186 Å². The molecule has 0 N–H and O–H groups in total. The Balaban J connectivity index is 1.03. The number of fused-ring (bicyclic) bond motifs is 9. The normalized spacial score (nSPS) is 13.2. The first kappa shape index (κ1) is 30.2. The minimum Gasteiger partial charge on any atom is -0.456 e. The lowest BCUT2D eigenvalue weighted by atomic mass is 9.74. The molecule has 1 aliphatic carbocycles. The number of furan rings is 1. The molecule has 2 nitrogen and oxygen atoms in total. The van der Waals surface area contributed by atoms with Crippen molar-refractivity contribution in [3.8, 4) is 22.3 Å². The van der Waals surface area contributed by atoms with E-state index in [9.17, 15) is 0 Å². The second kappa shape index (κ2) is 11.5. The van der Waals surface area contributed by atoms with Crippen LogP contribution in [0.1, 0.15) is 23.6 Å². The fourth-order valence-electron chi connectivity index (χ4n) is 8.81. The summed E-state index contributed by atoms with van der Waals surface area (Å²) in [5, 5.41) is 4.91. The van der Waals surface area contributed by atoms with Gasteiger partial charge in [-0.25, -0.2) is 0 Å². The molecule has 250 valence electrons. The highest BCUT2D eigenvalue weighted by Crippen LogP contribution is 2.53. The van der Waals surface area contributed by atoms with Crippen molar-refractivity contribution in [2.75, 3.05) is 4.90 Å². The average molecular weight is 696 g/mol. The number of para-hydroxylation sites is 1. The first-order valence-electron chi connectivity index (χ1n) is 18.2. The van der Waals surface area contributed by atoms with Crippen LogP contribution in [0.2, 0.25) is 0 Å². The van der Waals surface area contributed by atoms with Gasteiger partial charge < -0.3 is 9.32 Å². The van der Waals surface area contributed by atoms with Crippen LogP contribution in [-0.4, -0.2) is 0 Å². The number of rotatable bonds is 5. The van der Waals surface area contributed by atoms with Crippen LogP contribution in [0, 0.1) is 0 Å². The standard InChI is InChI=1S/C50H33NOS/c1-50(43-18-8-5-14-38(43)39-15-6-9-19-44(39)50)33-24-29-45-42(30-33)49-37(17-11-20-46(49)52-45)32-22-25-35(26-23-32)51(34-12-3-2-4-13-34)36-27-28-41-40-16-7-10-21-47(40)53-48(41)31-36/h2-31H,1H3. The Hall–Kier alpha value is -6.42. The van der Waals surface area contributed by atoms with Gasteiger partial charge in [-0.3, -0.25) is 0 Å². The Labute approximate surface area is 311 Å². The summed E-state index contributed by atoms with van der Waals surface area (Å²) >= 11 is 1.85. The zero-order valence-corrected chi connectivity index (χ0v) is 29.9. The van der Waals surface area contributed by atoms with E-state index in [1.807, 2.05) is 11.3 Å². The van der Waals surface area contributed by atoms with E-state index in [1.165, 1.54) is 53.6 Å². The van der Waals surface area contributed by atoms with Crippen LogP contribution in [0.5, 0.6) is 0 Å². The summed E-state index contributed by atoms with van der Waals surface area (Å²) in [6.07, 6.45) is 0. The van der Waals surface area contributed by atoms with E-state index in [0.717, 1.165) is 44.6 Å². The van der Waals surface area contributed by atoms with Crippen molar-refractivity contribution in [3.63, 3.8) is 0 Å². The monoisotopic (exact) mass is 695 g/mol.